The summed E-state index contributed by atoms with van der Waals surface area (Å²) in [4.78, 5) is 0. The molecule has 0 spiro atoms. The first-order valence-corrected chi connectivity index (χ1v) is 3.65. The molecular weight excluding hydrogens is 179 g/mol. The predicted molar refractivity (Wildman–Crippen MR) is 44.0 cm³/mol. The van der Waals surface area contributed by atoms with Gasteiger partial charge in [0.15, 0.2) is 5.82 Å². The summed E-state index contributed by atoms with van der Waals surface area (Å²) in [5.41, 5.74) is 5.73. The van der Waals surface area contributed by atoms with Crippen LogP contribution in [-0.2, 0) is 6.54 Å². The number of halogens is 2. The monoisotopic (exact) mass is 184 g/mol. The third-order valence-electron chi connectivity index (χ3n) is 1.50. The summed E-state index contributed by atoms with van der Waals surface area (Å²) in [6.07, 6.45) is 0. The van der Waals surface area contributed by atoms with Crippen LogP contribution in [0.15, 0.2) is 12.1 Å². The second kappa shape index (κ2) is 3.53. The minimum atomic E-state index is -0.692. The van der Waals surface area contributed by atoms with Crippen molar-refractivity contribution in [1.29, 1.82) is 5.26 Å². The van der Waals surface area contributed by atoms with Gasteiger partial charge in [0.1, 0.15) is 6.07 Å². The number of hydrogen-bond donors (Lipinski definition) is 1. The Morgan fingerprint density at radius 1 is 1.58 bits per heavy atom. The zero-order valence-electron chi connectivity index (χ0n) is 6.14. The highest BCUT2D eigenvalue weighted by atomic mass is 35.5. The van der Waals surface area contributed by atoms with Gasteiger partial charge in [-0.05, 0) is 11.6 Å². The number of rotatable bonds is 1. The van der Waals surface area contributed by atoms with Crippen molar-refractivity contribution in [3.63, 3.8) is 0 Å². The summed E-state index contributed by atoms with van der Waals surface area (Å²) in [7, 11) is 0. The fourth-order valence-electron chi connectivity index (χ4n) is 0.833. The van der Waals surface area contributed by atoms with Gasteiger partial charge in [-0.25, -0.2) is 4.39 Å². The van der Waals surface area contributed by atoms with Gasteiger partial charge >= 0.3 is 0 Å². The first kappa shape index (κ1) is 8.98. The number of nitriles is 1. The molecule has 0 bridgehead atoms. The van der Waals surface area contributed by atoms with Crippen molar-refractivity contribution in [3.8, 4) is 6.07 Å². The molecule has 0 saturated carbocycles. The third kappa shape index (κ3) is 1.40. The fourth-order valence-corrected chi connectivity index (χ4v) is 1.08. The Labute approximate surface area is 74.4 Å². The van der Waals surface area contributed by atoms with Crippen molar-refractivity contribution in [2.45, 2.75) is 6.54 Å². The van der Waals surface area contributed by atoms with Crippen LogP contribution in [0.2, 0.25) is 5.02 Å². The highest BCUT2D eigenvalue weighted by Crippen LogP contribution is 2.22. The van der Waals surface area contributed by atoms with Gasteiger partial charge in [-0.15, -0.1) is 0 Å². The molecule has 0 fully saturated rings. The van der Waals surface area contributed by atoms with Crippen molar-refractivity contribution in [2.75, 3.05) is 0 Å². The second-order valence-corrected chi connectivity index (χ2v) is 2.59. The molecule has 0 unspecified atom stereocenters. The standard InChI is InChI=1S/C8H6ClFN2/c9-7-5(3-11)1-2-6(4-12)8(7)10/h1-2H,3,11H2. The van der Waals surface area contributed by atoms with Crippen LogP contribution in [-0.4, -0.2) is 0 Å². The summed E-state index contributed by atoms with van der Waals surface area (Å²) in [6.45, 7) is 0.168. The van der Waals surface area contributed by atoms with Crippen LogP contribution in [0, 0.1) is 17.1 Å². The average molecular weight is 185 g/mol. The van der Waals surface area contributed by atoms with Crippen LogP contribution in [0.3, 0.4) is 0 Å². The number of nitrogens with two attached hydrogens (primary N) is 1. The Kier molecular flexibility index (Phi) is 2.64. The molecule has 12 heavy (non-hydrogen) atoms. The van der Waals surface area contributed by atoms with Gasteiger partial charge in [0.25, 0.3) is 0 Å². The van der Waals surface area contributed by atoms with E-state index >= 15 is 0 Å². The second-order valence-electron chi connectivity index (χ2n) is 2.22. The fraction of sp³-hybridized carbons (Fsp3) is 0.125. The Morgan fingerprint density at radius 3 is 2.75 bits per heavy atom. The van der Waals surface area contributed by atoms with Gasteiger partial charge in [-0.2, -0.15) is 5.26 Å². The lowest BCUT2D eigenvalue weighted by Crippen LogP contribution is -1.99. The van der Waals surface area contributed by atoms with Crippen LogP contribution in [0.4, 0.5) is 4.39 Å². The quantitative estimate of drug-likeness (QED) is 0.724. The van der Waals surface area contributed by atoms with E-state index in [-0.39, 0.29) is 17.1 Å². The average Bonchev–Trinajstić information content (AvgIpc) is 2.10. The molecule has 4 heteroatoms. The van der Waals surface area contributed by atoms with Gasteiger partial charge in [-0.3, -0.25) is 0 Å². The third-order valence-corrected chi connectivity index (χ3v) is 1.91. The zero-order chi connectivity index (χ0) is 9.14. The summed E-state index contributed by atoms with van der Waals surface area (Å²) in [5, 5.41) is 8.37. The van der Waals surface area contributed by atoms with Crippen molar-refractivity contribution < 1.29 is 4.39 Å². The Morgan fingerprint density at radius 2 is 2.25 bits per heavy atom. The lowest BCUT2D eigenvalue weighted by Gasteiger charge is -2.02. The van der Waals surface area contributed by atoms with Crippen LogP contribution in [0.25, 0.3) is 0 Å². The summed E-state index contributed by atoms with van der Waals surface area (Å²) in [5.74, 6) is -0.692. The molecule has 62 valence electrons. The van der Waals surface area contributed by atoms with Crippen molar-refractivity contribution in [1.82, 2.24) is 0 Å². The van der Waals surface area contributed by atoms with Crippen LogP contribution in [0.1, 0.15) is 11.1 Å². The summed E-state index contributed by atoms with van der Waals surface area (Å²) < 4.78 is 13.0. The van der Waals surface area contributed by atoms with Crippen LogP contribution >= 0.6 is 11.6 Å². The molecule has 0 aliphatic rings. The molecule has 2 N–H and O–H groups in total. The molecule has 1 aromatic carbocycles. The minimum absolute atomic E-state index is 0.0581. The maximum atomic E-state index is 13.0. The van der Waals surface area contributed by atoms with E-state index in [0.29, 0.717) is 5.56 Å². The normalized spacial score (nSPS) is 9.50. The van der Waals surface area contributed by atoms with E-state index in [9.17, 15) is 4.39 Å². The smallest absolute Gasteiger partial charge is 0.159 e. The molecule has 0 aliphatic carbocycles. The minimum Gasteiger partial charge on any atom is -0.326 e. The molecule has 0 saturated heterocycles. The summed E-state index contributed by atoms with van der Waals surface area (Å²) >= 11 is 5.57. The Hall–Kier alpha value is -1.11. The summed E-state index contributed by atoms with van der Waals surface area (Å²) in [6, 6.07) is 4.60. The van der Waals surface area contributed by atoms with E-state index in [2.05, 4.69) is 0 Å². The number of benzene rings is 1. The molecule has 2 nitrogen and oxygen atoms in total. The Balaban J connectivity index is 3.32. The number of hydrogen-bond acceptors (Lipinski definition) is 2. The van der Waals surface area contributed by atoms with Crippen molar-refractivity contribution in [2.24, 2.45) is 5.73 Å². The van der Waals surface area contributed by atoms with E-state index in [1.807, 2.05) is 0 Å². The molecule has 0 amide bonds. The van der Waals surface area contributed by atoms with Crippen LogP contribution in [0.5, 0.6) is 0 Å². The first-order chi connectivity index (χ1) is 5.70. The molecule has 0 aliphatic heterocycles. The lowest BCUT2D eigenvalue weighted by atomic mass is 10.1. The molecule has 1 rings (SSSR count). The SMILES string of the molecule is N#Cc1ccc(CN)c(Cl)c1F. The molecule has 0 atom stereocenters. The van der Waals surface area contributed by atoms with Crippen molar-refractivity contribution >= 4 is 11.6 Å². The van der Waals surface area contributed by atoms with Gasteiger partial charge in [0, 0.05) is 6.54 Å². The molecule has 0 radical (unpaired) electrons. The van der Waals surface area contributed by atoms with E-state index in [0.717, 1.165) is 0 Å². The largest absolute Gasteiger partial charge is 0.326 e. The van der Waals surface area contributed by atoms with Crippen LogP contribution < -0.4 is 5.73 Å². The highest BCUT2D eigenvalue weighted by Gasteiger charge is 2.09. The zero-order valence-corrected chi connectivity index (χ0v) is 6.90. The maximum Gasteiger partial charge on any atom is 0.159 e. The van der Waals surface area contributed by atoms with Gasteiger partial charge in [-0.1, -0.05) is 17.7 Å². The Bertz CT molecular complexity index is 344. The molecule has 0 heterocycles. The number of nitrogens with zero attached hydrogens (tertiary/aromatic N) is 1. The topological polar surface area (TPSA) is 49.8 Å². The van der Waals surface area contributed by atoms with E-state index in [4.69, 9.17) is 22.6 Å². The molecule has 0 aromatic heterocycles. The highest BCUT2D eigenvalue weighted by molar-refractivity contribution is 6.31. The maximum absolute atomic E-state index is 13.0. The predicted octanol–water partition coefficient (Wildman–Crippen LogP) is 1.81. The van der Waals surface area contributed by atoms with E-state index < -0.39 is 5.82 Å². The van der Waals surface area contributed by atoms with Gasteiger partial charge in [0.2, 0.25) is 0 Å². The van der Waals surface area contributed by atoms with Crippen molar-refractivity contribution in [3.05, 3.63) is 34.1 Å². The molecule has 1 aromatic rings. The van der Waals surface area contributed by atoms with Gasteiger partial charge < -0.3 is 5.73 Å². The van der Waals surface area contributed by atoms with E-state index in [1.54, 1.807) is 12.1 Å². The van der Waals surface area contributed by atoms with Gasteiger partial charge in [0.05, 0.1) is 10.6 Å². The molecular formula is C8H6ClFN2. The first-order valence-electron chi connectivity index (χ1n) is 3.27. The van der Waals surface area contributed by atoms with E-state index in [1.165, 1.54) is 6.07 Å². The lowest BCUT2D eigenvalue weighted by molar-refractivity contribution is 0.622.